The van der Waals surface area contributed by atoms with Gasteiger partial charge in [-0.05, 0) is 260 Å². The second-order valence-electron chi connectivity index (χ2n) is 28.7. The Bertz CT molecular complexity index is 6440. The van der Waals surface area contributed by atoms with Crippen molar-refractivity contribution in [3.8, 4) is 44.9 Å². The van der Waals surface area contributed by atoms with Gasteiger partial charge in [-0.1, -0.05) is 224 Å². The van der Waals surface area contributed by atoms with Gasteiger partial charge in [-0.3, -0.25) is 10.1 Å². The summed E-state index contributed by atoms with van der Waals surface area (Å²) in [7, 11) is 9.51. The Kier molecular flexibility index (Phi) is 23.2. The Labute approximate surface area is 690 Å². The van der Waals surface area contributed by atoms with Crippen molar-refractivity contribution >= 4 is 123 Å². The van der Waals surface area contributed by atoms with Gasteiger partial charge in [-0.25, -0.2) is 0 Å². The number of methoxy groups -OCH3 is 2. The summed E-state index contributed by atoms with van der Waals surface area (Å²) in [4.78, 5) is 24.0. The number of ether oxygens (including phenoxy) is 2. The van der Waals surface area contributed by atoms with E-state index in [4.69, 9.17) is 9.47 Å². The van der Waals surface area contributed by atoms with Crippen LogP contribution in [-0.2, 0) is 0 Å². The number of anilines is 15. The van der Waals surface area contributed by atoms with Crippen LogP contribution in [-0.4, -0.2) is 40.3 Å². The van der Waals surface area contributed by atoms with Crippen LogP contribution in [0.2, 0.25) is 0 Å². The van der Waals surface area contributed by atoms with Crippen LogP contribution < -0.4 is 38.9 Å². The Morgan fingerprint density at radius 1 is 0.203 bits per heavy atom. The van der Waals surface area contributed by atoms with E-state index < -0.39 is 0 Å². The monoisotopic (exact) mass is 1530 g/mol. The van der Waals surface area contributed by atoms with Gasteiger partial charge in [-0.15, -0.1) is 0 Å². The molecule has 0 N–H and O–H groups in total. The van der Waals surface area contributed by atoms with Crippen molar-refractivity contribution in [1.29, 1.82) is 0 Å². The number of nitrogens with zero attached hydrogens (tertiary/aromatic N) is 7. The molecule has 0 amide bonds. The van der Waals surface area contributed by atoms with Gasteiger partial charge >= 0.3 is 0 Å². The van der Waals surface area contributed by atoms with E-state index >= 15 is 0 Å². The summed E-state index contributed by atoms with van der Waals surface area (Å²) in [5.74, 6) is 1.70. The molecule has 0 saturated heterocycles. The molecule has 11 nitrogen and oxygen atoms in total. The quantitative estimate of drug-likeness (QED) is 0.0513. The molecule has 18 aromatic carbocycles. The second kappa shape index (κ2) is 35.7. The van der Waals surface area contributed by atoms with Gasteiger partial charge in [0.1, 0.15) is 11.5 Å². The van der Waals surface area contributed by atoms with E-state index in [2.05, 4.69) is 415 Å². The predicted octanol–water partition coefficient (Wildman–Crippen LogP) is 29.2. The van der Waals surface area contributed by atoms with Gasteiger partial charge in [0, 0.05) is 125 Å². The van der Waals surface area contributed by atoms with Crippen LogP contribution in [0.1, 0.15) is 0 Å². The van der Waals surface area contributed by atoms with Crippen LogP contribution in [0.3, 0.4) is 0 Å². The van der Waals surface area contributed by atoms with Gasteiger partial charge in [0.05, 0.1) is 19.1 Å². The maximum atomic E-state index is 11.0. The van der Waals surface area contributed by atoms with Crippen molar-refractivity contribution in [3.63, 3.8) is 0 Å². The standard InChI is InChI=1S/2C36H30N2O.C35H27N3O2/c1-37(33-15-9-17-36(26-33)39-2)31-20-22-32(23-21-31)38(35-19-18-28-12-6-7-13-29(28)25-35)34-16-8-14-30(24-34)27-10-4-3-5-11-27;1-37(32-21-23-36(39-2)24-22-32)31-17-19-33(20-18-31)38(35-16-15-28-11-6-7-12-29(28)26-35)34-14-8-13-30(25-34)27-9-4-3-5-10-27;1-36(31-18-22-33(23-19-31)38(39)40)30-16-20-32(21-17-30)37(35-15-14-27-10-5-6-11-28(27)25-35)34-13-7-12-29(24-34)26-8-3-2-4-9-26/h2*3-26H,1-2H3;2-25H,1H3. The van der Waals surface area contributed by atoms with Crippen molar-refractivity contribution in [2.75, 3.05) is 64.8 Å². The number of hydrogen-bond acceptors (Lipinski definition) is 10. The fourth-order valence-corrected chi connectivity index (χ4v) is 15.0. The molecule has 0 unspecified atom stereocenters. The van der Waals surface area contributed by atoms with E-state index in [1.807, 2.05) is 48.3 Å². The smallest absolute Gasteiger partial charge is 0.269 e. The summed E-state index contributed by atoms with van der Waals surface area (Å²) in [6.45, 7) is 0. The Balaban J connectivity index is 0.000000132. The fraction of sp³-hybridized carbons (Fsp3) is 0.0467. The molecular formula is C107H87N7O4. The first-order chi connectivity index (χ1) is 57.9. The molecule has 11 heteroatoms. The van der Waals surface area contributed by atoms with Crippen molar-refractivity contribution in [2.24, 2.45) is 0 Å². The average molecular weight is 1530 g/mol. The molecule has 0 aliphatic rings. The van der Waals surface area contributed by atoms with Crippen molar-refractivity contribution in [2.45, 2.75) is 0 Å². The Morgan fingerprint density at radius 3 is 0.771 bits per heavy atom. The number of benzene rings is 18. The number of nitro benzene ring substituents is 1. The van der Waals surface area contributed by atoms with Gasteiger partial charge in [0.2, 0.25) is 0 Å². The molecule has 0 saturated carbocycles. The lowest BCUT2D eigenvalue weighted by molar-refractivity contribution is -0.384. The number of rotatable bonds is 21. The fourth-order valence-electron chi connectivity index (χ4n) is 15.0. The average Bonchev–Trinajstić information content (AvgIpc) is 0.791. The number of nitro groups is 1. The molecule has 0 atom stereocenters. The van der Waals surface area contributed by atoms with Gasteiger partial charge < -0.3 is 38.9 Å². The molecule has 0 aromatic heterocycles. The molecule has 18 rings (SSSR count). The normalized spacial score (nSPS) is 10.8. The maximum Gasteiger partial charge on any atom is 0.269 e. The van der Waals surface area contributed by atoms with Crippen LogP contribution >= 0.6 is 0 Å². The first kappa shape index (κ1) is 76.5. The lowest BCUT2D eigenvalue weighted by atomic mass is 10.0. The topological polar surface area (TPSA) is 81.0 Å². The third-order valence-electron chi connectivity index (χ3n) is 21.4. The van der Waals surface area contributed by atoms with Crippen LogP contribution in [0.15, 0.2) is 437 Å². The third kappa shape index (κ3) is 17.5. The summed E-state index contributed by atoms with van der Waals surface area (Å²) in [5, 5.41) is 18.3. The summed E-state index contributed by atoms with van der Waals surface area (Å²) in [6, 6.07) is 152. The molecule has 0 heterocycles. The second-order valence-corrected chi connectivity index (χ2v) is 28.7. The zero-order valence-corrected chi connectivity index (χ0v) is 66.3. The molecule has 118 heavy (non-hydrogen) atoms. The van der Waals surface area contributed by atoms with Crippen LogP contribution in [0.25, 0.3) is 65.7 Å². The highest BCUT2D eigenvalue weighted by Crippen LogP contribution is 2.44. The molecule has 0 bridgehead atoms. The van der Waals surface area contributed by atoms with Gasteiger partial charge in [0.15, 0.2) is 0 Å². The summed E-state index contributed by atoms with van der Waals surface area (Å²) in [6.07, 6.45) is 0. The van der Waals surface area contributed by atoms with Crippen LogP contribution in [0.4, 0.5) is 91.0 Å². The molecular weight excluding hydrogens is 1450 g/mol. The summed E-state index contributed by atoms with van der Waals surface area (Å²) < 4.78 is 10.7. The molecule has 574 valence electrons. The molecule has 0 spiro atoms. The molecule has 18 aromatic rings. The minimum absolute atomic E-state index is 0.0799. The van der Waals surface area contributed by atoms with E-state index in [-0.39, 0.29) is 10.6 Å². The predicted molar refractivity (Wildman–Crippen MR) is 495 cm³/mol. The van der Waals surface area contributed by atoms with Crippen molar-refractivity contribution in [3.05, 3.63) is 447 Å². The first-order valence-electron chi connectivity index (χ1n) is 39.3. The SMILES string of the molecule is CN(c1ccc(N(c2cccc(-c3ccccc3)c2)c2ccc3ccccc3c2)cc1)c1ccc([N+](=O)[O-])cc1.COc1ccc(N(C)c2ccc(N(c3cccc(-c4ccccc4)c3)c3ccc4ccccc4c3)cc2)cc1.COc1cccc(N(C)c2ccc(N(c3cccc(-c4ccccc4)c3)c3ccc4ccccc4c3)cc2)c1. The maximum absolute atomic E-state index is 11.0. The zero-order chi connectivity index (χ0) is 80.7. The van der Waals surface area contributed by atoms with Gasteiger partial charge in [-0.2, -0.15) is 0 Å². The van der Waals surface area contributed by atoms with E-state index in [0.717, 1.165) is 102 Å². The number of hydrogen-bond donors (Lipinski definition) is 0. The van der Waals surface area contributed by atoms with E-state index in [0.29, 0.717) is 0 Å². The van der Waals surface area contributed by atoms with E-state index in [1.165, 1.54) is 72.3 Å². The van der Waals surface area contributed by atoms with Crippen LogP contribution in [0, 0.1) is 10.1 Å². The van der Waals surface area contributed by atoms with Crippen LogP contribution in [0.5, 0.6) is 11.5 Å². The molecule has 0 fully saturated rings. The Morgan fingerprint density at radius 2 is 0.449 bits per heavy atom. The molecule has 0 radical (unpaired) electrons. The lowest BCUT2D eigenvalue weighted by Crippen LogP contribution is -2.12. The highest BCUT2D eigenvalue weighted by molar-refractivity contribution is 5.94. The number of non-ortho nitro benzene ring substituents is 1. The Hall–Kier alpha value is -15.5. The highest BCUT2D eigenvalue weighted by Gasteiger charge is 2.21. The summed E-state index contributed by atoms with van der Waals surface area (Å²) in [5.41, 5.74) is 23.2. The number of fused-ring (bicyclic) bond motifs is 3. The largest absolute Gasteiger partial charge is 0.497 e. The minimum atomic E-state index is -0.382. The third-order valence-corrected chi connectivity index (χ3v) is 21.4. The van der Waals surface area contributed by atoms with Crippen molar-refractivity contribution in [1.82, 2.24) is 0 Å². The van der Waals surface area contributed by atoms with Crippen molar-refractivity contribution < 1.29 is 14.4 Å². The van der Waals surface area contributed by atoms with Gasteiger partial charge in [0.25, 0.3) is 5.69 Å². The molecule has 0 aliphatic carbocycles. The minimum Gasteiger partial charge on any atom is -0.497 e. The highest BCUT2D eigenvalue weighted by atomic mass is 16.6. The summed E-state index contributed by atoms with van der Waals surface area (Å²) >= 11 is 0. The zero-order valence-electron chi connectivity index (χ0n) is 66.3. The first-order valence-corrected chi connectivity index (χ1v) is 39.3. The van der Waals surface area contributed by atoms with E-state index in [1.54, 1.807) is 26.4 Å². The van der Waals surface area contributed by atoms with E-state index in [9.17, 15) is 10.1 Å². The lowest BCUT2D eigenvalue weighted by Gasteiger charge is -2.27. The molecule has 0 aliphatic heterocycles.